The highest BCUT2D eigenvalue weighted by atomic mass is 15.1. The van der Waals surface area contributed by atoms with Gasteiger partial charge in [-0.15, -0.1) is 0 Å². The Hall–Kier alpha value is -0.550. The summed E-state index contributed by atoms with van der Waals surface area (Å²) in [4.78, 5) is 2.17. The molecule has 0 N–H and O–H groups in total. The second kappa shape index (κ2) is 5.25. The van der Waals surface area contributed by atoms with Gasteiger partial charge in [-0.3, -0.25) is 4.90 Å². The van der Waals surface area contributed by atoms with Crippen molar-refractivity contribution >= 4 is 0 Å². The summed E-state index contributed by atoms with van der Waals surface area (Å²) in [7, 11) is 0. The van der Waals surface area contributed by atoms with Crippen molar-refractivity contribution in [2.75, 3.05) is 13.1 Å². The molecule has 2 heteroatoms. The quantitative estimate of drug-likeness (QED) is 0.555. The molecule has 0 aromatic carbocycles. The fourth-order valence-electron chi connectivity index (χ4n) is 0.898. The van der Waals surface area contributed by atoms with Crippen molar-refractivity contribution in [2.24, 2.45) is 0 Å². The maximum Gasteiger partial charge on any atom is 0.0868 e. The lowest BCUT2D eigenvalue weighted by atomic mass is 10.3. The highest BCUT2D eigenvalue weighted by molar-refractivity contribution is 4.77. The SMILES string of the molecule is CCCN(CC#N)C(C)C. The number of rotatable bonds is 4. The Morgan fingerprint density at radius 1 is 1.50 bits per heavy atom. The Balaban J connectivity index is 3.63. The lowest BCUT2D eigenvalue weighted by Gasteiger charge is -2.22. The summed E-state index contributed by atoms with van der Waals surface area (Å²) < 4.78 is 0. The third kappa shape index (κ3) is 3.47. The first-order valence-corrected chi connectivity index (χ1v) is 3.83. The molecule has 0 aromatic heterocycles. The van der Waals surface area contributed by atoms with Crippen LogP contribution in [0.2, 0.25) is 0 Å². The van der Waals surface area contributed by atoms with Gasteiger partial charge in [0.05, 0.1) is 12.6 Å². The summed E-state index contributed by atoms with van der Waals surface area (Å²) in [6.07, 6.45) is 1.12. The topological polar surface area (TPSA) is 27.0 Å². The van der Waals surface area contributed by atoms with Gasteiger partial charge in [0.15, 0.2) is 0 Å². The van der Waals surface area contributed by atoms with Gasteiger partial charge in [0.2, 0.25) is 0 Å². The molecule has 0 aliphatic carbocycles. The van der Waals surface area contributed by atoms with E-state index in [-0.39, 0.29) is 0 Å². The van der Waals surface area contributed by atoms with Crippen molar-refractivity contribution in [1.29, 1.82) is 5.26 Å². The molecular formula is C8H16N2. The molecule has 0 fully saturated rings. The zero-order valence-electron chi connectivity index (χ0n) is 7.09. The van der Waals surface area contributed by atoms with E-state index in [0.717, 1.165) is 13.0 Å². The fourth-order valence-corrected chi connectivity index (χ4v) is 0.898. The number of nitriles is 1. The molecule has 2 nitrogen and oxygen atoms in total. The van der Waals surface area contributed by atoms with Crippen LogP contribution in [0.1, 0.15) is 27.2 Å². The fraction of sp³-hybridized carbons (Fsp3) is 0.875. The Labute approximate surface area is 63.4 Å². The minimum Gasteiger partial charge on any atom is -0.288 e. The van der Waals surface area contributed by atoms with E-state index in [4.69, 9.17) is 5.26 Å². The van der Waals surface area contributed by atoms with Crippen molar-refractivity contribution < 1.29 is 0 Å². The monoisotopic (exact) mass is 140 g/mol. The summed E-state index contributed by atoms with van der Waals surface area (Å²) >= 11 is 0. The lowest BCUT2D eigenvalue weighted by molar-refractivity contribution is 0.249. The van der Waals surface area contributed by atoms with Crippen LogP contribution in [-0.2, 0) is 0 Å². The van der Waals surface area contributed by atoms with Crippen molar-refractivity contribution in [1.82, 2.24) is 4.90 Å². The standard InChI is InChI=1S/C8H16N2/c1-4-6-10(7-5-9)8(2)3/h8H,4,6-7H2,1-3H3. The zero-order chi connectivity index (χ0) is 7.98. The number of hydrogen-bond donors (Lipinski definition) is 0. The maximum absolute atomic E-state index is 8.42. The second-order valence-electron chi connectivity index (χ2n) is 2.72. The van der Waals surface area contributed by atoms with E-state index in [2.05, 4.69) is 31.7 Å². The van der Waals surface area contributed by atoms with Gasteiger partial charge in [-0.1, -0.05) is 6.92 Å². The van der Waals surface area contributed by atoms with Gasteiger partial charge in [-0.05, 0) is 26.8 Å². The van der Waals surface area contributed by atoms with Gasteiger partial charge >= 0.3 is 0 Å². The molecule has 0 spiro atoms. The summed E-state index contributed by atoms with van der Waals surface area (Å²) in [6, 6.07) is 2.66. The van der Waals surface area contributed by atoms with Crippen LogP contribution >= 0.6 is 0 Å². The van der Waals surface area contributed by atoms with E-state index >= 15 is 0 Å². The summed E-state index contributed by atoms with van der Waals surface area (Å²) in [5, 5.41) is 8.42. The predicted molar refractivity (Wildman–Crippen MR) is 42.6 cm³/mol. The third-order valence-electron chi connectivity index (χ3n) is 1.51. The molecule has 0 aromatic rings. The molecule has 0 aliphatic rings. The van der Waals surface area contributed by atoms with Crippen LogP contribution in [0.5, 0.6) is 0 Å². The van der Waals surface area contributed by atoms with E-state index in [0.29, 0.717) is 12.6 Å². The van der Waals surface area contributed by atoms with Crippen LogP contribution in [0.4, 0.5) is 0 Å². The Morgan fingerprint density at radius 3 is 2.40 bits per heavy atom. The van der Waals surface area contributed by atoms with Gasteiger partial charge in [-0.2, -0.15) is 5.26 Å². The Kier molecular flexibility index (Phi) is 4.96. The minimum atomic E-state index is 0.500. The first kappa shape index (κ1) is 9.45. The molecule has 0 aliphatic heterocycles. The van der Waals surface area contributed by atoms with Crippen LogP contribution in [0.3, 0.4) is 0 Å². The minimum absolute atomic E-state index is 0.500. The molecule has 0 saturated carbocycles. The second-order valence-corrected chi connectivity index (χ2v) is 2.72. The average Bonchev–Trinajstić information content (AvgIpc) is 1.87. The van der Waals surface area contributed by atoms with Crippen LogP contribution in [0.15, 0.2) is 0 Å². The summed E-state index contributed by atoms with van der Waals surface area (Å²) in [5.74, 6) is 0. The molecule has 0 bridgehead atoms. The van der Waals surface area contributed by atoms with E-state index in [1.165, 1.54) is 0 Å². The highest BCUT2D eigenvalue weighted by Crippen LogP contribution is 1.97. The first-order valence-electron chi connectivity index (χ1n) is 3.83. The molecule has 0 saturated heterocycles. The smallest absolute Gasteiger partial charge is 0.0868 e. The van der Waals surface area contributed by atoms with Gasteiger partial charge in [-0.25, -0.2) is 0 Å². The molecular weight excluding hydrogens is 124 g/mol. The van der Waals surface area contributed by atoms with Gasteiger partial charge in [0, 0.05) is 6.04 Å². The van der Waals surface area contributed by atoms with Crippen LogP contribution in [0.25, 0.3) is 0 Å². The van der Waals surface area contributed by atoms with Crippen molar-refractivity contribution in [3.05, 3.63) is 0 Å². The van der Waals surface area contributed by atoms with Crippen LogP contribution in [-0.4, -0.2) is 24.0 Å². The van der Waals surface area contributed by atoms with Crippen molar-refractivity contribution in [2.45, 2.75) is 33.2 Å². The number of hydrogen-bond acceptors (Lipinski definition) is 2. The van der Waals surface area contributed by atoms with Gasteiger partial charge in [0.25, 0.3) is 0 Å². The normalized spacial score (nSPS) is 10.4. The molecule has 0 atom stereocenters. The highest BCUT2D eigenvalue weighted by Gasteiger charge is 2.05. The van der Waals surface area contributed by atoms with Crippen LogP contribution < -0.4 is 0 Å². The van der Waals surface area contributed by atoms with Gasteiger partial charge in [0.1, 0.15) is 0 Å². The van der Waals surface area contributed by atoms with Crippen LogP contribution in [0, 0.1) is 11.3 Å². The summed E-state index contributed by atoms with van der Waals surface area (Å²) in [6.45, 7) is 7.96. The molecule has 0 rings (SSSR count). The molecule has 0 radical (unpaired) electrons. The predicted octanol–water partition coefficient (Wildman–Crippen LogP) is 1.63. The molecule has 10 heavy (non-hydrogen) atoms. The van der Waals surface area contributed by atoms with Crippen molar-refractivity contribution in [3.8, 4) is 6.07 Å². The van der Waals surface area contributed by atoms with E-state index in [9.17, 15) is 0 Å². The lowest BCUT2D eigenvalue weighted by Crippen LogP contribution is -2.31. The van der Waals surface area contributed by atoms with E-state index < -0.39 is 0 Å². The Morgan fingerprint density at radius 2 is 2.10 bits per heavy atom. The first-order chi connectivity index (χ1) is 4.72. The molecule has 58 valence electrons. The van der Waals surface area contributed by atoms with Crippen molar-refractivity contribution in [3.63, 3.8) is 0 Å². The summed E-state index contributed by atoms with van der Waals surface area (Å²) in [5.41, 5.74) is 0. The number of nitrogens with zero attached hydrogens (tertiary/aromatic N) is 2. The molecule has 0 heterocycles. The average molecular weight is 140 g/mol. The molecule has 0 amide bonds. The Bertz CT molecular complexity index is 113. The zero-order valence-corrected chi connectivity index (χ0v) is 7.09. The third-order valence-corrected chi connectivity index (χ3v) is 1.51. The largest absolute Gasteiger partial charge is 0.288 e. The molecule has 0 unspecified atom stereocenters. The van der Waals surface area contributed by atoms with Gasteiger partial charge < -0.3 is 0 Å². The van der Waals surface area contributed by atoms with E-state index in [1.54, 1.807) is 0 Å². The van der Waals surface area contributed by atoms with E-state index in [1.807, 2.05) is 0 Å². The maximum atomic E-state index is 8.42.